The molecule has 0 spiro atoms. The molecule has 0 radical (unpaired) electrons. The maximum Gasteiger partial charge on any atom is 0.407 e. The number of amides is 2. The maximum atomic E-state index is 11.5. The first-order valence-corrected chi connectivity index (χ1v) is 5.64. The number of carbonyl (C=O) groups excluding carboxylic acids is 2. The Morgan fingerprint density at radius 2 is 1.94 bits per heavy atom. The number of ether oxygens (including phenoxy) is 1. The fourth-order valence-corrected chi connectivity index (χ4v) is 1.28. The lowest BCUT2D eigenvalue weighted by molar-refractivity contribution is -0.127. The van der Waals surface area contributed by atoms with Crippen LogP contribution in [0.4, 0.5) is 4.79 Å². The molecule has 0 aliphatic heterocycles. The van der Waals surface area contributed by atoms with Crippen LogP contribution >= 0.6 is 0 Å². The number of primary amides is 1. The zero-order valence-corrected chi connectivity index (χ0v) is 10.8. The minimum atomic E-state index is -1.40. The van der Waals surface area contributed by atoms with Crippen LogP contribution < -0.4 is 11.1 Å². The van der Waals surface area contributed by atoms with Crippen molar-refractivity contribution in [2.45, 2.75) is 58.3 Å². The van der Waals surface area contributed by atoms with Crippen LogP contribution in [0, 0.1) is 0 Å². The van der Waals surface area contributed by atoms with Crippen molar-refractivity contribution in [2.24, 2.45) is 5.73 Å². The molecule has 0 bridgehead atoms. The standard InChI is InChI=1S/C11H22N2O4/c1-5-6-7(8(14)9(12)15)13-10(16)17-11(2,3)4/h7-8,14H,5-6H2,1-4H3,(H2,12,15)(H,13,16). The summed E-state index contributed by atoms with van der Waals surface area (Å²) in [5.41, 5.74) is 4.36. The van der Waals surface area contributed by atoms with E-state index >= 15 is 0 Å². The highest BCUT2D eigenvalue weighted by Gasteiger charge is 2.27. The molecule has 0 aromatic carbocycles. The van der Waals surface area contributed by atoms with Gasteiger partial charge in [-0.15, -0.1) is 0 Å². The van der Waals surface area contributed by atoms with E-state index in [1.54, 1.807) is 20.8 Å². The average molecular weight is 246 g/mol. The Labute approximate surface area is 102 Å². The fraction of sp³-hybridized carbons (Fsp3) is 0.818. The van der Waals surface area contributed by atoms with Crippen LogP contribution in [0.15, 0.2) is 0 Å². The van der Waals surface area contributed by atoms with Gasteiger partial charge in [-0.2, -0.15) is 0 Å². The Hall–Kier alpha value is -1.30. The van der Waals surface area contributed by atoms with Crippen LogP contribution in [0.5, 0.6) is 0 Å². The smallest absolute Gasteiger partial charge is 0.407 e. The number of nitrogens with one attached hydrogen (secondary N) is 1. The molecule has 0 aliphatic carbocycles. The third-order valence-electron chi connectivity index (χ3n) is 1.97. The third kappa shape index (κ3) is 6.78. The highest BCUT2D eigenvalue weighted by Crippen LogP contribution is 2.09. The topological polar surface area (TPSA) is 102 Å². The van der Waals surface area contributed by atoms with Crippen molar-refractivity contribution < 1.29 is 19.4 Å². The van der Waals surface area contributed by atoms with Crippen molar-refractivity contribution in [1.82, 2.24) is 5.32 Å². The van der Waals surface area contributed by atoms with Gasteiger partial charge in [0, 0.05) is 0 Å². The second-order valence-corrected chi connectivity index (χ2v) is 4.89. The Morgan fingerprint density at radius 3 is 2.29 bits per heavy atom. The zero-order chi connectivity index (χ0) is 13.6. The van der Waals surface area contributed by atoms with Crippen LogP contribution in [0.2, 0.25) is 0 Å². The van der Waals surface area contributed by atoms with Gasteiger partial charge in [-0.3, -0.25) is 4.79 Å². The molecule has 0 saturated heterocycles. The quantitative estimate of drug-likeness (QED) is 0.658. The second kappa shape index (κ2) is 6.44. The molecular weight excluding hydrogens is 224 g/mol. The SMILES string of the molecule is CCCC(NC(=O)OC(C)(C)C)C(O)C(N)=O. The van der Waals surface area contributed by atoms with Gasteiger partial charge in [0.2, 0.25) is 5.91 Å². The molecule has 2 atom stereocenters. The monoisotopic (exact) mass is 246 g/mol. The minimum Gasteiger partial charge on any atom is -0.444 e. The van der Waals surface area contributed by atoms with Crippen molar-refractivity contribution in [2.75, 3.05) is 0 Å². The summed E-state index contributed by atoms with van der Waals surface area (Å²) >= 11 is 0. The first-order valence-electron chi connectivity index (χ1n) is 5.64. The maximum absolute atomic E-state index is 11.5. The van der Waals surface area contributed by atoms with Gasteiger partial charge in [0.25, 0.3) is 0 Å². The molecule has 2 unspecified atom stereocenters. The van der Waals surface area contributed by atoms with E-state index in [0.29, 0.717) is 12.8 Å². The second-order valence-electron chi connectivity index (χ2n) is 4.89. The average Bonchev–Trinajstić information content (AvgIpc) is 2.12. The molecule has 4 N–H and O–H groups in total. The summed E-state index contributed by atoms with van der Waals surface area (Å²) in [5, 5.41) is 12.0. The minimum absolute atomic E-state index is 0.448. The molecule has 0 aromatic heterocycles. The lowest BCUT2D eigenvalue weighted by atomic mass is 10.1. The number of nitrogens with two attached hydrogens (primary N) is 1. The van der Waals surface area contributed by atoms with Crippen molar-refractivity contribution in [3.05, 3.63) is 0 Å². The lowest BCUT2D eigenvalue weighted by Gasteiger charge is -2.25. The molecule has 0 aromatic rings. The zero-order valence-electron chi connectivity index (χ0n) is 10.8. The first kappa shape index (κ1) is 15.7. The van der Waals surface area contributed by atoms with Crippen LogP contribution in [-0.2, 0) is 9.53 Å². The normalized spacial score (nSPS) is 14.9. The van der Waals surface area contributed by atoms with E-state index in [-0.39, 0.29) is 0 Å². The van der Waals surface area contributed by atoms with E-state index < -0.39 is 29.7 Å². The lowest BCUT2D eigenvalue weighted by Crippen LogP contribution is -2.50. The number of aliphatic hydroxyl groups is 1. The molecule has 0 heterocycles. The summed E-state index contributed by atoms with van der Waals surface area (Å²) in [6, 6.07) is -0.715. The summed E-state index contributed by atoms with van der Waals surface area (Å²) < 4.78 is 5.03. The Morgan fingerprint density at radius 1 is 1.41 bits per heavy atom. The Balaban J connectivity index is 4.44. The van der Waals surface area contributed by atoms with Crippen LogP contribution in [0.3, 0.4) is 0 Å². The Kier molecular flexibility index (Phi) is 5.95. The van der Waals surface area contributed by atoms with Gasteiger partial charge in [0.15, 0.2) is 6.10 Å². The number of rotatable bonds is 5. The van der Waals surface area contributed by atoms with Crippen molar-refractivity contribution in [3.63, 3.8) is 0 Å². The van der Waals surface area contributed by atoms with Crippen LogP contribution in [0.25, 0.3) is 0 Å². The number of carbonyl (C=O) groups is 2. The third-order valence-corrected chi connectivity index (χ3v) is 1.97. The van der Waals surface area contributed by atoms with E-state index in [9.17, 15) is 14.7 Å². The van der Waals surface area contributed by atoms with Gasteiger partial charge in [0.1, 0.15) is 5.60 Å². The Bertz CT molecular complexity index is 273. The van der Waals surface area contributed by atoms with Crippen LogP contribution in [-0.4, -0.2) is 34.9 Å². The summed E-state index contributed by atoms with van der Waals surface area (Å²) in [5.74, 6) is -0.862. The number of aliphatic hydroxyl groups excluding tert-OH is 1. The number of alkyl carbamates (subject to hydrolysis) is 1. The van der Waals surface area contributed by atoms with E-state index in [1.807, 2.05) is 6.92 Å². The molecule has 0 saturated carbocycles. The van der Waals surface area contributed by atoms with Gasteiger partial charge in [-0.05, 0) is 27.2 Å². The fourth-order valence-electron chi connectivity index (χ4n) is 1.28. The van der Waals surface area contributed by atoms with Crippen molar-refractivity contribution >= 4 is 12.0 Å². The molecule has 0 fully saturated rings. The van der Waals surface area contributed by atoms with E-state index in [0.717, 1.165) is 0 Å². The largest absolute Gasteiger partial charge is 0.444 e. The molecular formula is C11H22N2O4. The molecule has 6 heteroatoms. The molecule has 6 nitrogen and oxygen atoms in total. The first-order chi connectivity index (χ1) is 7.67. The molecule has 17 heavy (non-hydrogen) atoms. The summed E-state index contributed by atoms with van der Waals surface area (Å²) in [6.45, 7) is 7.06. The predicted octanol–water partition coefficient (Wildman–Crippen LogP) is 0.526. The summed E-state index contributed by atoms with van der Waals surface area (Å²) in [7, 11) is 0. The highest BCUT2D eigenvalue weighted by atomic mass is 16.6. The highest BCUT2D eigenvalue weighted by molar-refractivity contribution is 5.80. The summed E-state index contributed by atoms with van der Waals surface area (Å²) in [4.78, 5) is 22.3. The predicted molar refractivity (Wildman–Crippen MR) is 63.3 cm³/mol. The molecule has 0 aliphatic rings. The number of hydrogen-bond donors (Lipinski definition) is 3. The molecule has 0 rings (SSSR count). The van der Waals surface area contributed by atoms with E-state index in [4.69, 9.17) is 10.5 Å². The molecule has 2 amide bonds. The van der Waals surface area contributed by atoms with E-state index in [1.165, 1.54) is 0 Å². The van der Waals surface area contributed by atoms with E-state index in [2.05, 4.69) is 5.32 Å². The van der Waals surface area contributed by atoms with Gasteiger partial charge < -0.3 is 20.9 Å². The van der Waals surface area contributed by atoms with Crippen LogP contribution in [0.1, 0.15) is 40.5 Å². The van der Waals surface area contributed by atoms with Gasteiger partial charge in [0.05, 0.1) is 6.04 Å². The van der Waals surface area contributed by atoms with Crippen molar-refractivity contribution in [3.8, 4) is 0 Å². The van der Waals surface area contributed by atoms with Gasteiger partial charge >= 0.3 is 6.09 Å². The summed E-state index contributed by atoms with van der Waals surface area (Å²) in [6.07, 6.45) is -0.924. The molecule has 100 valence electrons. The van der Waals surface area contributed by atoms with Crippen molar-refractivity contribution in [1.29, 1.82) is 0 Å². The van der Waals surface area contributed by atoms with Gasteiger partial charge in [-0.25, -0.2) is 4.79 Å². The number of hydrogen-bond acceptors (Lipinski definition) is 4. The van der Waals surface area contributed by atoms with Gasteiger partial charge in [-0.1, -0.05) is 13.3 Å².